The Labute approximate surface area is 133 Å². The number of benzene rings is 1. The Balaban J connectivity index is 2.93. The summed E-state index contributed by atoms with van der Waals surface area (Å²) >= 11 is 3.23. The molecule has 0 spiro atoms. The number of hydrogen-bond donors (Lipinski definition) is 3. The van der Waals surface area contributed by atoms with E-state index in [-0.39, 0.29) is 11.4 Å². The lowest BCUT2D eigenvalue weighted by Crippen LogP contribution is -2.41. The van der Waals surface area contributed by atoms with Gasteiger partial charge in [-0.3, -0.25) is 0 Å². The highest BCUT2D eigenvalue weighted by Gasteiger charge is 2.25. The molecule has 0 saturated heterocycles. The third-order valence-corrected chi connectivity index (χ3v) is 5.13. The van der Waals surface area contributed by atoms with Crippen molar-refractivity contribution in [2.24, 2.45) is 0 Å². The van der Waals surface area contributed by atoms with Crippen LogP contribution in [0.25, 0.3) is 0 Å². The molecule has 21 heavy (non-hydrogen) atoms. The molecule has 0 aliphatic rings. The highest BCUT2D eigenvalue weighted by atomic mass is 79.9. The van der Waals surface area contributed by atoms with E-state index in [2.05, 4.69) is 20.7 Å². The first kappa shape index (κ1) is 18.4. The van der Waals surface area contributed by atoms with Gasteiger partial charge in [0.25, 0.3) is 0 Å². The Kier molecular flexibility index (Phi) is 6.18. The van der Waals surface area contributed by atoms with Crippen LogP contribution < -0.4 is 10.5 Å². The Hall–Kier alpha value is -0.670. The van der Waals surface area contributed by atoms with Crippen molar-refractivity contribution in [2.45, 2.75) is 30.8 Å². The van der Waals surface area contributed by atoms with Crippen molar-refractivity contribution >= 4 is 31.6 Å². The standard InChI is InChI=1S/C13H21BrN2O4S/c1-9-11(15)6-10(14)7-12(9)21(18,19)16-8-13(2,17)4-5-20-3/h6-7,16-17H,4-5,8,15H2,1-3H3. The molecule has 1 aromatic carbocycles. The molecule has 0 radical (unpaired) electrons. The van der Waals surface area contributed by atoms with Gasteiger partial charge in [0.1, 0.15) is 0 Å². The molecule has 120 valence electrons. The van der Waals surface area contributed by atoms with Gasteiger partial charge in [-0.2, -0.15) is 0 Å². The predicted octanol–water partition coefficient (Wildman–Crippen LogP) is 1.41. The molecule has 0 bridgehead atoms. The zero-order chi connectivity index (χ0) is 16.3. The maximum absolute atomic E-state index is 12.3. The van der Waals surface area contributed by atoms with Crippen LogP contribution in [0.5, 0.6) is 0 Å². The van der Waals surface area contributed by atoms with E-state index in [1.54, 1.807) is 19.9 Å². The van der Waals surface area contributed by atoms with E-state index in [0.29, 0.717) is 28.8 Å². The highest BCUT2D eigenvalue weighted by Crippen LogP contribution is 2.26. The fourth-order valence-electron chi connectivity index (χ4n) is 1.69. The molecule has 0 fully saturated rings. The van der Waals surface area contributed by atoms with E-state index in [0.717, 1.165) is 0 Å². The molecule has 1 aromatic rings. The third kappa shape index (κ3) is 5.23. The molecule has 6 nitrogen and oxygen atoms in total. The van der Waals surface area contributed by atoms with Crippen molar-refractivity contribution in [2.75, 3.05) is 26.0 Å². The topological polar surface area (TPSA) is 102 Å². The number of ether oxygens (including phenoxy) is 1. The Morgan fingerprint density at radius 2 is 2.10 bits per heavy atom. The van der Waals surface area contributed by atoms with Crippen LogP contribution in [0, 0.1) is 6.92 Å². The van der Waals surface area contributed by atoms with E-state index in [4.69, 9.17) is 10.5 Å². The molecule has 4 N–H and O–H groups in total. The smallest absolute Gasteiger partial charge is 0.241 e. The second-order valence-electron chi connectivity index (χ2n) is 5.18. The third-order valence-electron chi connectivity index (χ3n) is 3.14. The van der Waals surface area contributed by atoms with Gasteiger partial charge in [0.2, 0.25) is 10.0 Å². The summed E-state index contributed by atoms with van der Waals surface area (Å²) in [5.74, 6) is 0. The summed E-state index contributed by atoms with van der Waals surface area (Å²) in [4.78, 5) is 0.0944. The van der Waals surface area contributed by atoms with Crippen LogP contribution in [0.2, 0.25) is 0 Å². The molecule has 0 saturated carbocycles. The van der Waals surface area contributed by atoms with Gasteiger partial charge in [-0.05, 0) is 31.5 Å². The molecule has 0 heterocycles. The summed E-state index contributed by atoms with van der Waals surface area (Å²) < 4.78 is 32.6. The van der Waals surface area contributed by atoms with Crippen LogP contribution in [0.15, 0.2) is 21.5 Å². The van der Waals surface area contributed by atoms with Crippen LogP contribution in [0.4, 0.5) is 5.69 Å². The average Bonchev–Trinajstić information content (AvgIpc) is 2.38. The maximum atomic E-state index is 12.3. The summed E-state index contributed by atoms with van der Waals surface area (Å²) in [7, 11) is -2.23. The Bertz CT molecular complexity index is 602. The normalized spacial score (nSPS) is 14.9. The minimum Gasteiger partial charge on any atom is -0.398 e. The summed E-state index contributed by atoms with van der Waals surface area (Å²) in [6, 6.07) is 3.13. The number of methoxy groups -OCH3 is 1. The van der Waals surface area contributed by atoms with Crippen LogP contribution in [-0.2, 0) is 14.8 Å². The monoisotopic (exact) mass is 380 g/mol. The Morgan fingerprint density at radius 1 is 1.48 bits per heavy atom. The van der Waals surface area contributed by atoms with E-state index in [9.17, 15) is 13.5 Å². The fraction of sp³-hybridized carbons (Fsp3) is 0.538. The zero-order valence-corrected chi connectivity index (χ0v) is 14.7. The number of nitrogen functional groups attached to an aromatic ring is 1. The summed E-state index contributed by atoms with van der Waals surface area (Å²) in [5.41, 5.74) is 5.45. The van der Waals surface area contributed by atoms with Crippen molar-refractivity contribution < 1.29 is 18.3 Å². The van der Waals surface area contributed by atoms with E-state index in [1.165, 1.54) is 13.2 Å². The van der Waals surface area contributed by atoms with Crippen LogP contribution in [0.3, 0.4) is 0 Å². The molecule has 1 unspecified atom stereocenters. The van der Waals surface area contributed by atoms with Crippen LogP contribution in [-0.4, -0.2) is 39.4 Å². The molecular weight excluding hydrogens is 360 g/mol. The number of halogens is 1. The molecular formula is C13H21BrN2O4S. The summed E-state index contributed by atoms with van der Waals surface area (Å²) in [5, 5.41) is 10.1. The average molecular weight is 381 g/mol. The van der Waals surface area contributed by atoms with Crippen molar-refractivity contribution in [3.63, 3.8) is 0 Å². The number of rotatable bonds is 7. The molecule has 0 aromatic heterocycles. The number of aliphatic hydroxyl groups is 1. The summed E-state index contributed by atoms with van der Waals surface area (Å²) in [6.07, 6.45) is 0.325. The fourth-order valence-corrected chi connectivity index (χ4v) is 3.78. The summed E-state index contributed by atoms with van der Waals surface area (Å²) in [6.45, 7) is 3.43. The first-order valence-electron chi connectivity index (χ1n) is 6.36. The largest absolute Gasteiger partial charge is 0.398 e. The number of sulfonamides is 1. The van der Waals surface area contributed by atoms with Gasteiger partial charge < -0.3 is 15.6 Å². The van der Waals surface area contributed by atoms with Gasteiger partial charge in [0.15, 0.2) is 0 Å². The van der Waals surface area contributed by atoms with Gasteiger partial charge >= 0.3 is 0 Å². The number of nitrogens with two attached hydrogens (primary N) is 1. The highest BCUT2D eigenvalue weighted by molar-refractivity contribution is 9.10. The van der Waals surface area contributed by atoms with E-state index < -0.39 is 15.6 Å². The predicted molar refractivity (Wildman–Crippen MR) is 85.6 cm³/mol. The molecule has 0 aliphatic carbocycles. The quantitative estimate of drug-likeness (QED) is 0.620. The molecule has 1 rings (SSSR count). The van der Waals surface area contributed by atoms with Crippen molar-refractivity contribution in [3.8, 4) is 0 Å². The zero-order valence-electron chi connectivity index (χ0n) is 12.3. The minimum atomic E-state index is -3.75. The number of nitrogens with one attached hydrogen (secondary N) is 1. The van der Waals surface area contributed by atoms with Gasteiger partial charge in [0, 0.05) is 36.8 Å². The lowest BCUT2D eigenvalue weighted by atomic mass is 10.0. The lowest BCUT2D eigenvalue weighted by Gasteiger charge is -2.23. The molecule has 8 heteroatoms. The minimum absolute atomic E-state index is 0.0944. The van der Waals surface area contributed by atoms with Gasteiger partial charge in [-0.15, -0.1) is 0 Å². The maximum Gasteiger partial charge on any atom is 0.241 e. The first-order chi connectivity index (χ1) is 9.59. The van der Waals surface area contributed by atoms with Gasteiger partial charge in [-0.25, -0.2) is 13.1 Å². The van der Waals surface area contributed by atoms with Crippen LogP contribution in [0.1, 0.15) is 18.9 Å². The van der Waals surface area contributed by atoms with E-state index >= 15 is 0 Å². The lowest BCUT2D eigenvalue weighted by molar-refractivity contribution is 0.0292. The number of anilines is 1. The van der Waals surface area contributed by atoms with Crippen molar-refractivity contribution in [1.82, 2.24) is 4.72 Å². The second-order valence-corrected chi connectivity index (χ2v) is 7.83. The van der Waals surface area contributed by atoms with Crippen molar-refractivity contribution in [1.29, 1.82) is 0 Å². The SMILES string of the molecule is COCCC(C)(O)CNS(=O)(=O)c1cc(Br)cc(N)c1C. The van der Waals surface area contributed by atoms with Gasteiger partial charge in [0.05, 0.1) is 10.5 Å². The Morgan fingerprint density at radius 3 is 2.67 bits per heavy atom. The number of hydrogen-bond acceptors (Lipinski definition) is 5. The van der Waals surface area contributed by atoms with Crippen molar-refractivity contribution in [3.05, 3.63) is 22.2 Å². The first-order valence-corrected chi connectivity index (χ1v) is 8.63. The van der Waals surface area contributed by atoms with Crippen LogP contribution >= 0.6 is 15.9 Å². The molecule has 1 atom stereocenters. The van der Waals surface area contributed by atoms with Gasteiger partial charge in [-0.1, -0.05) is 15.9 Å². The molecule has 0 amide bonds. The molecule has 0 aliphatic heterocycles. The van der Waals surface area contributed by atoms with E-state index in [1.807, 2.05) is 0 Å². The second kappa shape index (κ2) is 7.06.